The van der Waals surface area contributed by atoms with Crippen molar-refractivity contribution in [3.8, 4) is 34.1 Å². The molecule has 0 saturated heterocycles. The minimum atomic E-state index is -0.275. The van der Waals surface area contributed by atoms with Crippen LogP contribution in [0.15, 0.2) is 69.9 Å². The Labute approximate surface area is 186 Å². The molecule has 0 aliphatic carbocycles. The first kappa shape index (κ1) is 21.4. The lowest BCUT2D eigenvalue weighted by Crippen LogP contribution is -2.07. The Hall–Kier alpha value is -3.80. The number of ether oxygens (including phenoxy) is 2. The number of hydrogen-bond acceptors (Lipinski definition) is 6. The highest BCUT2D eigenvalue weighted by atomic mass is 16.5. The second kappa shape index (κ2) is 9.56. The number of furan rings is 1. The summed E-state index contributed by atoms with van der Waals surface area (Å²) in [6.45, 7) is 6.05. The number of hydrogen-bond donors (Lipinski definition) is 0. The lowest BCUT2D eigenvalue weighted by Gasteiger charge is -2.10. The lowest BCUT2D eigenvalue weighted by molar-refractivity contribution is -0.134. The zero-order valence-corrected chi connectivity index (χ0v) is 18.4. The summed E-state index contributed by atoms with van der Waals surface area (Å²) in [6.07, 6.45) is 4.29. The van der Waals surface area contributed by atoms with Gasteiger partial charge in [-0.25, -0.2) is 4.98 Å². The highest BCUT2D eigenvalue weighted by molar-refractivity contribution is 5.72. The van der Waals surface area contributed by atoms with Crippen molar-refractivity contribution in [2.45, 2.75) is 33.6 Å². The number of aromatic nitrogens is 1. The molecule has 0 amide bonds. The van der Waals surface area contributed by atoms with Gasteiger partial charge in [-0.05, 0) is 49.2 Å². The summed E-state index contributed by atoms with van der Waals surface area (Å²) in [5.41, 5.74) is 4.83. The van der Waals surface area contributed by atoms with Crippen molar-refractivity contribution in [3.63, 3.8) is 0 Å². The molecule has 2 heterocycles. The van der Waals surface area contributed by atoms with Crippen LogP contribution in [0, 0.1) is 13.8 Å². The van der Waals surface area contributed by atoms with Gasteiger partial charge in [0, 0.05) is 30.0 Å². The van der Waals surface area contributed by atoms with Crippen molar-refractivity contribution in [1.82, 2.24) is 4.98 Å². The maximum atomic E-state index is 11.5. The summed E-state index contributed by atoms with van der Waals surface area (Å²) in [4.78, 5) is 16.2. The molecule has 0 unspecified atom stereocenters. The molecule has 0 saturated carbocycles. The molecule has 6 nitrogen and oxygen atoms in total. The SMILES string of the molecule is CCC(=O)Oc1ccc(C)c(OCCc2nc(-c3ccc(-c4ccoc4)cc3)oc2C)c1. The van der Waals surface area contributed by atoms with Crippen LogP contribution in [0.3, 0.4) is 0 Å². The molecule has 0 bridgehead atoms. The van der Waals surface area contributed by atoms with E-state index < -0.39 is 0 Å². The molecule has 0 spiro atoms. The second-order valence-corrected chi connectivity index (χ2v) is 7.46. The number of nitrogens with zero attached hydrogens (tertiary/aromatic N) is 1. The topological polar surface area (TPSA) is 74.7 Å². The molecule has 164 valence electrons. The predicted molar refractivity (Wildman–Crippen MR) is 121 cm³/mol. The molecule has 0 aliphatic heterocycles. The van der Waals surface area contributed by atoms with Crippen LogP contribution >= 0.6 is 0 Å². The lowest BCUT2D eigenvalue weighted by atomic mass is 10.1. The molecule has 2 aromatic heterocycles. The molecule has 0 fully saturated rings. The van der Waals surface area contributed by atoms with Crippen molar-refractivity contribution in [2.75, 3.05) is 6.61 Å². The fraction of sp³-hybridized carbons (Fsp3) is 0.231. The Kier molecular flexibility index (Phi) is 6.40. The first-order valence-corrected chi connectivity index (χ1v) is 10.6. The Morgan fingerprint density at radius 3 is 2.50 bits per heavy atom. The van der Waals surface area contributed by atoms with E-state index in [0.29, 0.717) is 36.8 Å². The van der Waals surface area contributed by atoms with Crippen LogP contribution in [0.25, 0.3) is 22.6 Å². The molecule has 0 aliphatic rings. The van der Waals surface area contributed by atoms with Gasteiger partial charge in [-0.1, -0.05) is 25.1 Å². The average molecular weight is 431 g/mol. The number of oxazole rings is 1. The molecular weight excluding hydrogens is 406 g/mol. The molecule has 4 rings (SSSR count). The van der Waals surface area contributed by atoms with Crippen LogP contribution in [0.2, 0.25) is 0 Å². The first-order valence-electron chi connectivity index (χ1n) is 10.6. The van der Waals surface area contributed by atoms with Gasteiger partial charge < -0.3 is 18.3 Å². The molecule has 0 radical (unpaired) electrons. The van der Waals surface area contributed by atoms with Gasteiger partial charge >= 0.3 is 5.97 Å². The fourth-order valence-corrected chi connectivity index (χ4v) is 3.28. The van der Waals surface area contributed by atoms with Gasteiger partial charge in [0.15, 0.2) is 0 Å². The number of carbonyl (C=O) groups excluding carboxylic acids is 1. The highest BCUT2D eigenvalue weighted by Gasteiger charge is 2.13. The number of benzene rings is 2. The van der Waals surface area contributed by atoms with Crippen LogP contribution in [0.4, 0.5) is 0 Å². The van der Waals surface area contributed by atoms with Crippen molar-refractivity contribution in [3.05, 3.63) is 78.1 Å². The quantitative estimate of drug-likeness (QED) is 0.246. The maximum Gasteiger partial charge on any atom is 0.310 e. The van der Waals surface area contributed by atoms with E-state index in [1.54, 1.807) is 31.6 Å². The standard InChI is InChI=1S/C26H25NO5/c1-4-25(28)32-22-10-5-17(2)24(15-22)30-14-12-23-18(3)31-26(27-23)20-8-6-19(7-9-20)21-11-13-29-16-21/h5-11,13,15-16H,4,12,14H2,1-3H3. The van der Waals surface area contributed by atoms with Gasteiger partial charge in [-0.15, -0.1) is 0 Å². The molecular formula is C26H25NO5. The van der Waals surface area contributed by atoms with E-state index in [-0.39, 0.29) is 5.97 Å². The Morgan fingerprint density at radius 1 is 1.00 bits per heavy atom. The van der Waals surface area contributed by atoms with Crippen LogP contribution < -0.4 is 9.47 Å². The molecule has 32 heavy (non-hydrogen) atoms. The number of esters is 1. The van der Waals surface area contributed by atoms with Crippen LogP contribution in [-0.2, 0) is 11.2 Å². The van der Waals surface area contributed by atoms with E-state index in [9.17, 15) is 4.79 Å². The maximum absolute atomic E-state index is 11.5. The minimum absolute atomic E-state index is 0.275. The Balaban J connectivity index is 1.40. The van der Waals surface area contributed by atoms with Crippen molar-refractivity contribution in [2.24, 2.45) is 0 Å². The Bertz CT molecular complexity index is 1190. The average Bonchev–Trinajstić information content (AvgIpc) is 3.46. The van der Waals surface area contributed by atoms with E-state index >= 15 is 0 Å². The third kappa shape index (κ3) is 4.91. The summed E-state index contributed by atoms with van der Waals surface area (Å²) < 4.78 is 22.3. The van der Waals surface area contributed by atoms with E-state index in [4.69, 9.17) is 18.3 Å². The first-order chi connectivity index (χ1) is 15.5. The zero-order chi connectivity index (χ0) is 22.5. The normalized spacial score (nSPS) is 10.8. The van der Waals surface area contributed by atoms with Crippen molar-refractivity contribution in [1.29, 1.82) is 0 Å². The third-order valence-electron chi connectivity index (χ3n) is 5.16. The Morgan fingerprint density at radius 2 is 1.78 bits per heavy atom. The van der Waals surface area contributed by atoms with Gasteiger partial charge in [-0.2, -0.15) is 0 Å². The molecule has 6 heteroatoms. The highest BCUT2D eigenvalue weighted by Crippen LogP contribution is 2.27. The second-order valence-electron chi connectivity index (χ2n) is 7.46. The molecule has 2 aromatic carbocycles. The van der Waals surface area contributed by atoms with E-state index in [1.165, 1.54) is 0 Å². The molecule has 0 N–H and O–H groups in total. The van der Waals surface area contributed by atoms with Gasteiger partial charge in [0.2, 0.25) is 5.89 Å². The minimum Gasteiger partial charge on any atom is -0.493 e. The van der Waals surface area contributed by atoms with Crippen LogP contribution in [-0.4, -0.2) is 17.6 Å². The summed E-state index contributed by atoms with van der Waals surface area (Å²) >= 11 is 0. The monoisotopic (exact) mass is 431 g/mol. The predicted octanol–water partition coefficient (Wildman–Crippen LogP) is 6.16. The number of rotatable bonds is 8. The molecule has 4 aromatic rings. The van der Waals surface area contributed by atoms with Crippen LogP contribution in [0.1, 0.15) is 30.4 Å². The van der Waals surface area contributed by atoms with Gasteiger partial charge in [0.05, 0.1) is 24.8 Å². The zero-order valence-electron chi connectivity index (χ0n) is 18.4. The third-order valence-corrected chi connectivity index (χ3v) is 5.16. The van der Waals surface area contributed by atoms with Gasteiger partial charge in [-0.3, -0.25) is 4.79 Å². The number of aryl methyl sites for hydroxylation is 2. The van der Waals surface area contributed by atoms with E-state index in [1.807, 2.05) is 50.2 Å². The summed E-state index contributed by atoms with van der Waals surface area (Å²) in [5.74, 6) is 2.24. The van der Waals surface area contributed by atoms with Gasteiger partial charge in [0.25, 0.3) is 0 Å². The van der Waals surface area contributed by atoms with Crippen molar-refractivity contribution < 1.29 is 23.1 Å². The summed E-state index contributed by atoms with van der Waals surface area (Å²) in [5, 5.41) is 0. The number of carbonyl (C=O) groups is 1. The van der Waals surface area contributed by atoms with Crippen LogP contribution in [0.5, 0.6) is 11.5 Å². The van der Waals surface area contributed by atoms with Crippen molar-refractivity contribution >= 4 is 5.97 Å². The fourth-order valence-electron chi connectivity index (χ4n) is 3.28. The largest absolute Gasteiger partial charge is 0.493 e. The smallest absolute Gasteiger partial charge is 0.310 e. The van der Waals surface area contributed by atoms with E-state index in [0.717, 1.165) is 33.7 Å². The van der Waals surface area contributed by atoms with E-state index in [2.05, 4.69) is 4.98 Å². The molecule has 0 atom stereocenters. The van der Waals surface area contributed by atoms with Gasteiger partial charge in [0.1, 0.15) is 17.3 Å². The summed E-state index contributed by atoms with van der Waals surface area (Å²) in [6, 6.07) is 15.3. The summed E-state index contributed by atoms with van der Waals surface area (Å²) in [7, 11) is 0.